The first-order valence-corrected chi connectivity index (χ1v) is 6.86. The molecule has 19 heavy (non-hydrogen) atoms. The molecule has 1 atom stereocenters. The third kappa shape index (κ3) is 2.24. The van der Waals surface area contributed by atoms with Crippen molar-refractivity contribution in [1.29, 1.82) is 0 Å². The zero-order chi connectivity index (χ0) is 13.5. The predicted molar refractivity (Wildman–Crippen MR) is 74.2 cm³/mol. The molecule has 102 valence electrons. The van der Waals surface area contributed by atoms with Gasteiger partial charge in [0.15, 0.2) is 0 Å². The smallest absolute Gasteiger partial charge is 0.0866 e. The normalized spacial score (nSPS) is 20.6. The Morgan fingerprint density at radius 3 is 2.89 bits per heavy atom. The van der Waals surface area contributed by atoms with Crippen LogP contribution in [0.25, 0.3) is 10.9 Å². The van der Waals surface area contributed by atoms with E-state index < -0.39 is 6.10 Å². The van der Waals surface area contributed by atoms with E-state index in [9.17, 15) is 5.11 Å². The molecule has 2 N–H and O–H groups in total. The van der Waals surface area contributed by atoms with Crippen molar-refractivity contribution in [2.75, 3.05) is 13.2 Å². The fourth-order valence-corrected chi connectivity index (χ4v) is 2.98. The molecular formula is C14H17ClN2O2. The molecule has 5 heteroatoms. The van der Waals surface area contributed by atoms with Crippen LogP contribution in [-0.2, 0) is 4.74 Å². The molecule has 2 aromatic rings. The van der Waals surface area contributed by atoms with Gasteiger partial charge in [-0.25, -0.2) is 0 Å². The van der Waals surface area contributed by atoms with Crippen LogP contribution in [0.4, 0.5) is 0 Å². The maximum Gasteiger partial charge on any atom is 0.0866 e. The largest absolute Gasteiger partial charge is 0.388 e. The maximum absolute atomic E-state index is 10.8. The van der Waals surface area contributed by atoms with Crippen molar-refractivity contribution in [2.45, 2.75) is 25.9 Å². The van der Waals surface area contributed by atoms with Crippen molar-refractivity contribution in [3.63, 3.8) is 0 Å². The lowest BCUT2D eigenvalue weighted by Crippen LogP contribution is -2.32. The fourth-order valence-electron chi connectivity index (χ4n) is 2.75. The van der Waals surface area contributed by atoms with Crippen molar-refractivity contribution in [3.05, 3.63) is 28.9 Å². The number of aliphatic hydroxyl groups is 1. The van der Waals surface area contributed by atoms with Crippen molar-refractivity contribution in [3.8, 4) is 0 Å². The number of aromatic nitrogens is 2. The molecule has 0 aliphatic carbocycles. The predicted octanol–water partition coefficient (Wildman–Crippen LogP) is 3.07. The summed E-state index contributed by atoms with van der Waals surface area (Å²) in [6.07, 6.45) is 2.84. The van der Waals surface area contributed by atoms with Gasteiger partial charge in [-0.05, 0) is 25.0 Å². The Hall–Kier alpha value is -1.10. The van der Waals surface area contributed by atoms with Gasteiger partial charge >= 0.3 is 0 Å². The number of hydrogen-bond acceptors (Lipinski definition) is 3. The minimum absolute atomic E-state index is 0.180. The third-order valence-electron chi connectivity index (χ3n) is 4.13. The van der Waals surface area contributed by atoms with E-state index in [0.29, 0.717) is 18.2 Å². The minimum atomic E-state index is -0.571. The number of hydrogen-bond donors (Lipinski definition) is 2. The van der Waals surface area contributed by atoms with E-state index in [1.165, 1.54) is 0 Å². The molecule has 1 aliphatic heterocycles. The quantitative estimate of drug-likeness (QED) is 0.889. The van der Waals surface area contributed by atoms with Gasteiger partial charge in [0.25, 0.3) is 0 Å². The Bertz CT molecular complexity index is 590. The SMILES string of the molecule is CC1(C(O)c2cc(Cl)cc3cn[nH]c23)CCOCC1. The van der Waals surface area contributed by atoms with Gasteiger partial charge in [0.1, 0.15) is 0 Å². The van der Waals surface area contributed by atoms with Gasteiger partial charge in [-0.3, -0.25) is 5.10 Å². The lowest BCUT2D eigenvalue weighted by molar-refractivity contribution is -0.0521. The van der Waals surface area contributed by atoms with Crippen LogP contribution in [0, 0.1) is 5.41 Å². The third-order valence-corrected chi connectivity index (χ3v) is 4.35. The summed E-state index contributed by atoms with van der Waals surface area (Å²) >= 11 is 6.13. The van der Waals surface area contributed by atoms with Gasteiger partial charge < -0.3 is 9.84 Å². The number of benzene rings is 1. The Morgan fingerprint density at radius 2 is 2.16 bits per heavy atom. The molecule has 1 aromatic carbocycles. The van der Waals surface area contributed by atoms with E-state index in [4.69, 9.17) is 16.3 Å². The lowest BCUT2D eigenvalue weighted by Gasteiger charge is -2.38. The second-order valence-electron chi connectivity index (χ2n) is 5.50. The van der Waals surface area contributed by atoms with Crippen LogP contribution < -0.4 is 0 Å². The van der Waals surface area contributed by atoms with E-state index in [1.54, 1.807) is 6.20 Å². The van der Waals surface area contributed by atoms with E-state index in [-0.39, 0.29) is 5.41 Å². The molecule has 0 amide bonds. The zero-order valence-corrected chi connectivity index (χ0v) is 11.6. The number of ether oxygens (including phenoxy) is 1. The van der Waals surface area contributed by atoms with Gasteiger partial charge in [-0.15, -0.1) is 0 Å². The maximum atomic E-state index is 10.8. The Morgan fingerprint density at radius 1 is 1.42 bits per heavy atom. The highest BCUT2D eigenvalue weighted by Crippen LogP contribution is 2.44. The van der Waals surface area contributed by atoms with Crippen LogP contribution in [0.2, 0.25) is 5.02 Å². The van der Waals surface area contributed by atoms with Crippen LogP contribution in [0.15, 0.2) is 18.3 Å². The molecule has 0 radical (unpaired) electrons. The van der Waals surface area contributed by atoms with Gasteiger partial charge in [0.2, 0.25) is 0 Å². The number of nitrogens with zero attached hydrogens (tertiary/aromatic N) is 1. The number of nitrogens with one attached hydrogen (secondary N) is 1. The molecule has 1 aromatic heterocycles. The molecular weight excluding hydrogens is 264 g/mol. The van der Waals surface area contributed by atoms with Crippen LogP contribution in [0.3, 0.4) is 0 Å². The topological polar surface area (TPSA) is 58.1 Å². The summed E-state index contributed by atoms with van der Waals surface area (Å²) in [6, 6.07) is 3.68. The summed E-state index contributed by atoms with van der Waals surface area (Å²) in [5.41, 5.74) is 1.51. The van der Waals surface area contributed by atoms with Crippen LogP contribution in [-0.4, -0.2) is 28.5 Å². The van der Waals surface area contributed by atoms with E-state index in [0.717, 1.165) is 29.3 Å². The van der Waals surface area contributed by atoms with Gasteiger partial charge in [0, 0.05) is 34.6 Å². The molecule has 1 unspecified atom stereocenters. The summed E-state index contributed by atoms with van der Waals surface area (Å²) in [5, 5.41) is 19.3. The summed E-state index contributed by atoms with van der Waals surface area (Å²) in [4.78, 5) is 0. The Labute approximate surface area is 116 Å². The highest BCUT2D eigenvalue weighted by molar-refractivity contribution is 6.31. The number of rotatable bonds is 2. The van der Waals surface area contributed by atoms with E-state index in [1.807, 2.05) is 12.1 Å². The van der Waals surface area contributed by atoms with Crippen molar-refractivity contribution < 1.29 is 9.84 Å². The molecule has 0 bridgehead atoms. The second kappa shape index (κ2) is 4.78. The number of H-pyrrole nitrogens is 1. The van der Waals surface area contributed by atoms with Crippen molar-refractivity contribution in [1.82, 2.24) is 10.2 Å². The van der Waals surface area contributed by atoms with Crippen LogP contribution in [0.5, 0.6) is 0 Å². The van der Waals surface area contributed by atoms with Gasteiger partial charge in [-0.2, -0.15) is 5.10 Å². The molecule has 1 saturated heterocycles. The van der Waals surface area contributed by atoms with Gasteiger partial charge in [-0.1, -0.05) is 18.5 Å². The Kier molecular flexibility index (Phi) is 3.25. The standard InChI is InChI=1S/C14H17ClN2O2/c1-14(2-4-19-5-3-14)13(18)11-7-10(15)6-9-8-16-17-12(9)11/h6-8,13,18H,2-5H2,1H3,(H,16,17). The first-order chi connectivity index (χ1) is 9.10. The monoisotopic (exact) mass is 280 g/mol. The highest BCUT2D eigenvalue weighted by atomic mass is 35.5. The van der Waals surface area contributed by atoms with Crippen LogP contribution >= 0.6 is 11.6 Å². The molecule has 1 fully saturated rings. The zero-order valence-electron chi connectivity index (χ0n) is 10.8. The summed E-state index contributed by atoms with van der Waals surface area (Å²) in [7, 11) is 0. The average molecular weight is 281 g/mol. The molecule has 0 saturated carbocycles. The summed E-state index contributed by atoms with van der Waals surface area (Å²) < 4.78 is 5.39. The molecule has 4 nitrogen and oxygen atoms in total. The first-order valence-electron chi connectivity index (χ1n) is 6.48. The number of halogens is 1. The Balaban J connectivity index is 2.05. The minimum Gasteiger partial charge on any atom is -0.388 e. The number of fused-ring (bicyclic) bond motifs is 1. The summed E-state index contributed by atoms with van der Waals surface area (Å²) in [6.45, 7) is 3.49. The molecule has 2 heterocycles. The van der Waals surface area contributed by atoms with Crippen LogP contribution in [0.1, 0.15) is 31.4 Å². The average Bonchev–Trinajstić information content (AvgIpc) is 2.85. The number of aliphatic hydroxyl groups excluding tert-OH is 1. The van der Waals surface area contributed by atoms with E-state index >= 15 is 0 Å². The number of aromatic amines is 1. The highest BCUT2D eigenvalue weighted by Gasteiger charge is 2.37. The second-order valence-corrected chi connectivity index (χ2v) is 5.93. The summed E-state index contributed by atoms with van der Waals surface area (Å²) in [5.74, 6) is 0. The van der Waals surface area contributed by atoms with Crippen molar-refractivity contribution in [2.24, 2.45) is 5.41 Å². The fraction of sp³-hybridized carbons (Fsp3) is 0.500. The van der Waals surface area contributed by atoms with Crippen molar-refractivity contribution >= 4 is 22.5 Å². The molecule has 3 rings (SSSR count). The lowest BCUT2D eigenvalue weighted by atomic mass is 9.74. The van der Waals surface area contributed by atoms with E-state index in [2.05, 4.69) is 17.1 Å². The first kappa shape index (κ1) is 12.9. The molecule has 0 spiro atoms. The molecule has 1 aliphatic rings. The van der Waals surface area contributed by atoms with Gasteiger partial charge in [0.05, 0.1) is 17.8 Å².